The van der Waals surface area contributed by atoms with Gasteiger partial charge in [0.25, 0.3) is 0 Å². The van der Waals surface area contributed by atoms with Gasteiger partial charge in [-0.2, -0.15) is 0 Å². The van der Waals surface area contributed by atoms with E-state index >= 15 is 0 Å². The van der Waals surface area contributed by atoms with Gasteiger partial charge in [0, 0.05) is 5.38 Å². The van der Waals surface area contributed by atoms with E-state index in [1.807, 2.05) is 6.07 Å². The molecule has 0 amide bonds. The summed E-state index contributed by atoms with van der Waals surface area (Å²) in [5.74, 6) is 0.872. The summed E-state index contributed by atoms with van der Waals surface area (Å²) in [5, 5.41) is 0.283. The van der Waals surface area contributed by atoms with Gasteiger partial charge in [0.1, 0.15) is 5.75 Å². The van der Waals surface area contributed by atoms with Gasteiger partial charge in [-0.3, -0.25) is 0 Å². The average Bonchev–Trinajstić information content (AvgIpc) is 2.26. The zero-order valence-electron chi connectivity index (χ0n) is 9.09. The van der Waals surface area contributed by atoms with Crippen LogP contribution in [0.25, 0.3) is 0 Å². The third-order valence-electron chi connectivity index (χ3n) is 2.41. The molecule has 0 saturated heterocycles. The van der Waals surface area contributed by atoms with Crippen molar-refractivity contribution in [3.63, 3.8) is 0 Å². The zero-order chi connectivity index (χ0) is 11.3. The van der Waals surface area contributed by atoms with E-state index < -0.39 is 0 Å². The second kappa shape index (κ2) is 6.39. The molecule has 0 radical (unpaired) electrons. The van der Waals surface area contributed by atoms with Crippen molar-refractivity contribution < 1.29 is 4.74 Å². The molecule has 3 heteroatoms. The Morgan fingerprint density at radius 2 is 2.20 bits per heavy atom. The van der Waals surface area contributed by atoms with E-state index in [1.165, 1.54) is 5.56 Å². The van der Waals surface area contributed by atoms with E-state index in [4.69, 9.17) is 16.3 Å². The summed E-state index contributed by atoms with van der Waals surface area (Å²) < 4.78 is 6.18. The quantitative estimate of drug-likeness (QED) is 0.730. The fourth-order valence-electron chi connectivity index (χ4n) is 1.39. The Bertz CT molecular complexity index is 314. The molecular weight excluding hydrogens is 275 g/mol. The molecule has 1 nitrogen and oxygen atoms in total. The summed E-state index contributed by atoms with van der Waals surface area (Å²) in [4.78, 5) is 0. The lowest BCUT2D eigenvalue weighted by molar-refractivity contribution is 0.412. The first kappa shape index (κ1) is 12.9. The van der Waals surface area contributed by atoms with Crippen molar-refractivity contribution in [2.45, 2.75) is 31.6 Å². The highest BCUT2D eigenvalue weighted by molar-refractivity contribution is 9.10. The number of alkyl halides is 1. The Kier molecular flexibility index (Phi) is 5.48. The molecule has 0 saturated carbocycles. The predicted molar refractivity (Wildman–Crippen MR) is 68.9 cm³/mol. The van der Waals surface area contributed by atoms with Crippen molar-refractivity contribution in [3.05, 3.63) is 28.2 Å². The smallest absolute Gasteiger partial charge is 0.133 e. The lowest BCUT2D eigenvalue weighted by atomic mass is 10.1. The van der Waals surface area contributed by atoms with Gasteiger partial charge in [-0.15, -0.1) is 11.6 Å². The van der Waals surface area contributed by atoms with E-state index in [2.05, 4.69) is 35.0 Å². The van der Waals surface area contributed by atoms with Gasteiger partial charge in [0.15, 0.2) is 0 Å². The lowest BCUT2D eigenvalue weighted by Crippen LogP contribution is -1.98. The third kappa shape index (κ3) is 4.04. The SMILES string of the molecule is CCC(Cl)CCc1ccc(OC)c(Br)c1. The molecule has 0 fully saturated rings. The Morgan fingerprint density at radius 3 is 2.73 bits per heavy atom. The first-order valence-electron chi connectivity index (χ1n) is 5.13. The van der Waals surface area contributed by atoms with Crippen molar-refractivity contribution in [2.75, 3.05) is 7.11 Å². The van der Waals surface area contributed by atoms with Crippen LogP contribution in [-0.4, -0.2) is 12.5 Å². The molecular formula is C12H16BrClO. The van der Waals surface area contributed by atoms with Crippen LogP contribution in [0.1, 0.15) is 25.3 Å². The monoisotopic (exact) mass is 290 g/mol. The number of hydrogen-bond acceptors (Lipinski definition) is 1. The maximum atomic E-state index is 6.08. The Hall–Kier alpha value is -0.210. The summed E-state index contributed by atoms with van der Waals surface area (Å²) >= 11 is 9.55. The topological polar surface area (TPSA) is 9.23 Å². The van der Waals surface area contributed by atoms with Crippen LogP contribution in [0.4, 0.5) is 0 Å². The number of halogens is 2. The largest absolute Gasteiger partial charge is 0.496 e. The van der Waals surface area contributed by atoms with Crippen LogP contribution in [0, 0.1) is 0 Å². The fraction of sp³-hybridized carbons (Fsp3) is 0.500. The minimum Gasteiger partial charge on any atom is -0.496 e. The molecule has 0 aliphatic heterocycles. The molecule has 84 valence electrons. The molecule has 1 unspecified atom stereocenters. The standard InChI is InChI=1S/C12H16BrClO/c1-3-10(14)6-4-9-5-7-12(15-2)11(13)8-9/h5,7-8,10H,3-4,6H2,1-2H3. The number of aryl methyl sites for hydroxylation is 1. The van der Waals surface area contributed by atoms with E-state index in [0.717, 1.165) is 29.5 Å². The second-order valence-corrected chi connectivity index (χ2v) is 4.98. The van der Waals surface area contributed by atoms with Crippen molar-refractivity contribution in [1.82, 2.24) is 0 Å². The van der Waals surface area contributed by atoms with E-state index in [-0.39, 0.29) is 5.38 Å². The first-order valence-corrected chi connectivity index (χ1v) is 6.36. The van der Waals surface area contributed by atoms with Crippen molar-refractivity contribution >= 4 is 27.5 Å². The molecule has 0 N–H and O–H groups in total. The summed E-state index contributed by atoms with van der Waals surface area (Å²) in [5.41, 5.74) is 1.29. The molecule has 0 aliphatic carbocycles. The first-order chi connectivity index (χ1) is 7.17. The Morgan fingerprint density at radius 1 is 1.47 bits per heavy atom. The summed E-state index contributed by atoms with van der Waals surface area (Å²) in [6.07, 6.45) is 3.07. The van der Waals surface area contributed by atoms with Gasteiger partial charge in [0.2, 0.25) is 0 Å². The molecule has 1 rings (SSSR count). The van der Waals surface area contributed by atoms with Gasteiger partial charge in [-0.1, -0.05) is 13.0 Å². The van der Waals surface area contributed by atoms with Crippen LogP contribution in [0.3, 0.4) is 0 Å². The maximum absolute atomic E-state index is 6.08. The molecule has 15 heavy (non-hydrogen) atoms. The molecule has 0 spiro atoms. The van der Waals surface area contributed by atoms with Crippen molar-refractivity contribution in [1.29, 1.82) is 0 Å². The van der Waals surface area contributed by atoms with Crippen LogP contribution >= 0.6 is 27.5 Å². The number of methoxy groups -OCH3 is 1. The van der Waals surface area contributed by atoms with Gasteiger partial charge < -0.3 is 4.74 Å². The molecule has 0 heterocycles. The lowest BCUT2D eigenvalue weighted by Gasteiger charge is -2.08. The third-order valence-corrected chi connectivity index (χ3v) is 3.55. The average molecular weight is 292 g/mol. The summed E-state index contributed by atoms with van der Waals surface area (Å²) in [6, 6.07) is 6.16. The molecule has 1 aromatic carbocycles. The molecule has 0 aromatic heterocycles. The van der Waals surface area contributed by atoms with Crippen LogP contribution in [0.15, 0.2) is 22.7 Å². The number of benzene rings is 1. The van der Waals surface area contributed by atoms with E-state index in [9.17, 15) is 0 Å². The molecule has 1 aromatic rings. The zero-order valence-corrected chi connectivity index (χ0v) is 11.4. The van der Waals surface area contributed by atoms with Gasteiger partial charge in [-0.25, -0.2) is 0 Å². The van der Waals surface area contributed by atoms with Crippen molar-refractivity contribution in [2.24, 2.45) is 0 Å². The Labute approximate surface area is 105 Å². The molecule has 1 atom stereocenters. The van der Waals surface area contributed by atoms with E-state index in [1.54, 1.807) is 7.11 Å². The van der Waals surface area contributed by atoms with Crippen LogP contribution in [0.2, 0.25) is 0 Å². The second-order valence-electron chi connectivity index (χ2n) is 3.51. The fourth-order valence-corrected chi connectivity index (χ4v) is 2.09. The van der Waals surface area contributed by atoms with Gasteiger partial charge in [0.05, 0.1) is 11.6 Å². The minimum atomic E-state index is 0.283. The predicted octanol–water partition coefficient (Wildman–Crippen LogP) is 4.41. The molecule has 0 aliphatic rings. The molecule has 0 bridgehead atoms. The normalized spacial score (nSPS) is 12.5. The Balaban J connectivity index is 2.59. The number of hydrogen-bond donors (Lipinski definition) is 0. The van der Waals surface area contributed by atoms with Gasteiger partial charge >= 0.3 is 0 Å². The highest BCUT2D eigenvalue weighted by atomic mass is 79.9. The summed E-state index contributed by atoms with van der Waals surface area (Å²) in [6.45, 7) is 2.11. The van der Waals surface area contributed by atoms with Crippen LogP contribution in [0.5, 0.6) is 5.75 Å². The highest BCUT2D eigenvalue weighted by Gasteiger charge is 2.04. The van der Waals surface area contributed by atoms with Crippen LogP contribution < -0.4 is 4.74 Å². The number of rotatable bonds is 5. The summed E-state index contributed by atoms with van der Waals surface area (Å²) in [7, 11) is 1.67. The number of ether oxygens (including phenoxy) is 1. The van der Waals surface area contributed by atoms with Crippen LogP contribution in [-0.2, 0) is 6.42 Å². The van der Waals surface area contributed by atoms with Gasteiger partial charge in [-0.05, 0) is 52.9 Å². The van der Waals surface area contributed by atoms with E-state index in [0.29, 0.717) is 0 Å². The van der Waals surface area contributed by atoms with Crippen molar-refractivity contribution in [3.8, 4) is 5.75 Å². The minimum absolute atomic E-state index is 0.283. The maximum Gasteiger partial charge on any atom is 0.133 e. The highest BCUT2D eigenvalue weighted by Crippen LogP contribution is 2.26.